The summed E-state index contributed by atoms with van der Waals surface area (Å²) >= 11 is 0. The summed E-state index contributed by atoms with van der Waals surface area (Å²) in [7, 11) is 0. The van der Waals surface area contributed by atoms with Crippen molar-refractivity contribution < 1.29 is 9.90 Å². The number of hydrogen-bond donors (Lipinski definition) is 2. The van der Waals surface area contributed by atoms with Crippen molar-refractivity contribution in [2.45, 2.75) is 45.8 Å². The Hall–Kier alpha value is -2.13. The predicted octanol–water partition coefficient (Wildman–Crippen LogP) is 3.69. The van der Waals surface area contributed by atoms with E-state index >= 15 is 0 Å². The smallest absolute Gasteiger partial charge is 0.220 e. The van der Waals surface area contributed by atoms with E-state index < -0.39 is 0 Å². The van der Waals surface area contributed by atoms with Gasteiger partial charge in [0.15, 0.2) is 0 Å². The van der Waals surface area contributed by atoms with E-state index in [2.05, 4.69) is 43.4 Å². The van der Waals surface area contributed by atoms with Gasteiger partial charge in [-0.05, 0) is 36.0 Å². The molecule has 0 spiro atoms. The molecule has 0 fully saturated rings. The minimum Gasteiger partial charge on any atom is -0.392 e. The van der Waals surface area contributed by atoms with Gasteiger partial charge >= 0.3 is 0 Å². The van der Waals surface area contributed by atoms with Gasteiger partial charge in [0.2, 0.25) is 5.91 Å². The normalized spacial score (nSPS) is 12.0. The van der Waals surface area contributed by atoms with Crippen molar-refractivity contribution in [2.24, 2.45) is 0 Å². The maximum Gasteiger partial charge on any atom is 0.220 e. The molecule has 0 aromatic heterocycles. The van der Waals surface area contributed by atoms with Crippen molar-refractivity contribution in [2.75, 3.05) is 0 Å². The molecule has 0 bridgehead atoms. The molecular formula is C20H25NO2. The first-order valence-electron chi connectivity index (χ1n) is 8.15. The number of carbonyl (C=O) groups excluding carboxylic acids is 1. The minimum absolute atomic E-state index is 0.00695. The summed E-state index contributed by atoms with van der Waals surface area (Å²) < 4.78 is 0. The van der Waals surface area contributed by atoms with E-state index in [1.165, 1.54) is 11.1 Å². The Labute approximate surface area is 138 Å². The third-order valence-corrected chi connectivity index (χ3v) is 4.24. The molecule has 0 heterocycles. The Morgan fingerprint density at radius 3 is 2.35 bits per heavy atom. The number of aryl methyl sites for hydroxylation is 1. The molecule has 0 aliphatic carbocycles. The van der Waals surface area contributed by atoms with Gasteiger partial charge in [-0.2, -0.15) is 0 Å². The van der Waals surface area contributed by atoms with Crippen LogP contribution in [-0.4, -0.2) is 11.0 Å². The van der Waals surface area contributed by atoms with Crippen molar-refractivity contribution in [1.82, 2.24) is 5.32 Å². The highest BCUT2D eigenvalue weighted by molar-refractivity contribution is 5.76. The van der Waals surface area contributed by atoms with E-state index in [1.54, 1.807) is 0 Å². The molecule has 1 amide bonds. The van der Waals surface area contributed by atoms with Gasteiger partial charge in [0, 0.05) is 13.0 Å². The zero-order valence-corrected chi connectivity index (χ0v) is 13.9. The second-order valence-corrected chi connectivity index (χ2v) is 5.92. The lowest BCUT2D eigenvalue weighted by Crippen LogP contribution is -2.25. The number of carbonyl (C=O) groups is 1. The fourth-order valence-electron chi connectivity index (χ4n) is 2.71. The first-order valence-corrected chi connectivity index (χ1v) is 8.15. The monoisotopic (exact) mass is 311 g/mol. The first kappa shape index (κ1) is 17.2. The lowest BCUT2D eigenvalue weighted by molar-refractivity contribution is -0.121. The maximum absolute atomic E-state index is 12.3. The van der Waals surface area contributed by atoms with Crippen LogP contribution in [0.15, 0.2) is 48.5 Å². The number of nitrogens with one attached hydrogen (secondary N) is 1. The van der Waals surface area contributed by atoms with Crippen molar-refractivity contribution in [3.8, 4) is 0 Å². The van der Waals surface area contributed by atoms with Gasteiger partial charge in [-0.15, -0.1) is 0 Å². The lowest BCUT2D eigenvalue weighted by Gasteiger charge is -2.16. The summed E-state index contributed by atoms with van der Waals surface area (Å²) in [6, 6.07) is 16.0. The average Bonchev–Trinajstić information content (AvgIpc) is 2.59. The van der Waals surface area contributed by atoms with Gasteiger partial charge in [0.25, 0.3) is 0 Å². The van der Waals surface area contributed by atoms with Crippen LogP contribution in [0.2, 0.25) is 0 Å². The number of hydrogen-bond acceptors (Lipinski definition) is 2. The van der Waals surface area contributed by atoms with Crippen LogP contribution in [0.3, 0.4) is 0 Å². The van der Waals surface area contributed by atoms with Crippen LogP contribution >= 0.6 is 0 Å². The highest BCUT2D eigenvalue weighted by atomic mass is 16.3. The molecule has 2 N–H and O–H groups in total. The van der Waals surface area contributed by atoms with Crippen LogP contribution in [0.5, 0.6) is 0 Å². The second-order valence-electron chi connectivity index (χ2n) is 5.92. The number of benzene rings is 2. The minimum atomic E-state index is -0.00695. The van der Waals surface area contributed by atoms with Crippen molar-refractivity contribution in [3.05, 3.63) is 70.8 Å². The second kappa shape index (κ2) is 8.49. The fraction of sp³-hybridized carbons (Fsp3) is 0.350. The molecule has 122 valence electrons. The fourth-order valence-corrected chi connectivity index (χ4v) is 2.71. The molecule has 3 nitrogen and oxygen atoms in total. The summed E-state index contributed by atoms with van der Waals surface area (Å²) in [6.45, 7) is 4.63. The van der Waals surface area contributed by atoms with Gasteiger partial charge in [0.05, 0.1) is 6.61 Å². The third-order valence-electron chi connectivity index (χ3n) is 4.24. The Bertz CT molecular complexity index is 634. The molecule has 0 radical (unpaired) electrons. The Balaban J connectivity index is 1.94. The SMILES string of the molecule is CCC(CC(=O)NCc1ccccc1CO)c1ccc(C)cc1. The van der Waals surface area contributed by atoms with Crippen LogP contribution in [0.25, 0.3) is 0 Å². The van der Waals surface area contributed by atoms with E-state index in [1.807, 2.05) is 24.3 Å². The molecule has 0 saturated carbocycles. The van der Waals surface area contributed by atoms with Gasteiger partial charge in [-0.3, -0.25) is 4.79 Å². The molecular weight excluding hydrogens is 286 g/mol. The van der Waals surface area contributed by atoms with Gasteiger partial charge < -0.3 is 10.4 Å². The van der Waals surface area contributed by atoms with Crippen molar-refractivity contribution in [3.63, 3.8) is 0 Å². The highest BCUT2D eigenvalue weighted by Gasteiger charge is 2.14. The molecule has 0 saturated heterocycles. The number of aliphatic hydroxyl groups is 1. The standard InChI is InChI=1S/C20H25NO2/c1-3-16(17-10-8-15(2)9-11-17)12-20(23)21-13-18-6-4-5-7-19(18)14-22/h4-11,16,22H,3,12-14H2,1-2H3,(H,21,23). The van der Waals surface area contributed by atoms with Crippen molar-refractivity contribution in [1.29, 1.82) is 0 Å². The average molecular weight is 311 g/mol. The molecule has 3 heteroatoms. The molecule has 2 aromatic carbocycles. The van der Waals surface area contributed by atoms with E-state index in [4.69, 9.17) is 0 Å². The lowest BCUT2D eigenvalue weighted by atomic mass is 9.92. The van der Waals surface area contributed by atoms with Gasteiger partial charge in [0.1, 0.15) is 0 Å². The maximum atomic E-state index is 12.3. The zero-order valence-electron chi connectivity index (χ0n) is 13.9. The molecule has 1 atom stereocenters. The summed E-state index contributed by atoms with van der Waals surface area (Å²) in [5.41, 5.74) is 4.27. The largest absolute Gasteiger partial charge is 0.392 e. The predicted molar refractivity (Wildman–Crippen MR) is 93.0 cm³/mol. The summed E-state index contributed by atoms with van der Waals surface area (Å²) in [4.78, 5) is 12.3. The summed E-state index contributed by atoms with van der Waals surface area (Å²) in [5.74, 6) is 0.286. The Morgan fingerprint density at radius 2 is 1.74 bits per heavy atom. The van der Waals surface area contributed by atoms with E-state index in [-0.39, 0.29) is 18.4 Å². The van der Waals surface area contributed by atoms with Crippen LogP contribution < -0.4 is 5.32 Å². The molecule has 2 aromatic rings. The Morgan fingerprint density at radius 1 is 1.09 bits per heavy atom. The van der Waals surface area contributed by atoms with Crippen molar-refractivity contribution >= 4 is 5.91 Å². The van der Waals surface area contributed by atoms with Crippen LogP contribution in [-0.2, 0) is 17.9 Å². The molecule has 0 aliphatic rings. The quantitative estimate of drug-likeness (QED) is 0.819. The molecule has 0 aliphatic heterocycles. The van der Waals surface area contributed by atoms with Crippen LogP contribution in [0.1, 0.15) is 47.9 Å². The van der Waals surface area contributed by atoms with Gasteiger partial charge in [-0.1, -0.05) is 61.0 Å². The third kappa shape index (κ3) is 4.93. The summed E-state index contributed by atoms with van der Waals surface area (Å²) in [5, 5.41) is 12.3. The molecule has 23 heavy (non-hydrogen) atoms. The van der Waals surface area contributed by atoms with E-state index in [0.29, 0.717) is 13.0 Å². The number of amides is 1. The topological polar surface area (TPSA) is 49.3 Å². The van der Waals surface area contributed by atoms with E-state index in [9.17, 15) is 9.90 Å². The number of aliphatic hydroxyl groups excluding tert-OH is 1. The molecule has 2 rings (SSSR count). The highest BCUT2D eigenvalue weighted by Crippen LogP contribution is 2.23. The first-order chi connectivity index (χ1) is 11.1. The van der Waals surface area contributed by atoms with E-state index in [0.717, 1.165) is 17.5 Å². The van der Waals surface area contributed by atoms with Crippen LogP contribution in [0, 0.1) is 6.92 Å². The zero-order chi connectivity index (χ0) is 16.7. The van der Waals surface area contributed by atoms with Gasteiger partial charge in [-0.25, -0.2) is 0 Å². The number of rotatable bonds is 7. The Kier molecular flexibility index (Phi) is 6.36. The molecule has 1 unspecified atom stereocenters. The van der Waals surface area contributed by atoms with Crippen LogP contribution in [0.4, 0.5) is 0 Å². The summed E-state index contributed by atoms with van der Waals surface area (Å²) in [6.07, 6.45) is 1.42.